The maximum atomic E-state index is 11.6. The number of benzene rings is 1. The molecule has 132 valence electrons. The highest BCUT2D eigenvalue weighted by molar-refractivity contribution is 5.88. The second kappa shape index (κ2) is 10.3. The summed E-state index contributed by atoms with van der Waals surface area (Å²) in [5, 5.41) is 12.0. The number of hydrogen-bond donors (Lipinski definition) is 2. The van der Waals surface area contributed by atoms with E-state index in [2.05, 4.69) is 5.32 Å². The van der Waals surface area contributed by atoms with Gasteiger partial charge in [-0.05, 0) is 24.1 Å². The summed E-state index contributed by atoms with van der Waals surface area (Å²) in [5.74, 6) is 1.30. The van der Waals surface area contributed by atoms with Crippen molar-refractivity contribution in [2.75, 3.05) is 21.3 Å². The van der Waals surface area contributed by atoms with Crippen LogP contribution in [0.15, 0.2) is 30.4 Å². The third kappa shape index (κ3) is 5.96. The summed E-state index contributed by atoms with van der Waals surface area (Å²) in [6, 6.07) is 3.60. The monoisotopic (exact) mass is 335 g/mol. The molecular formula is C18H25NO5. The van der Waals surface area contributed by atoms with Gasteiger partial charge in [0.1, 0.15) is 6.23 Å². The second-order valence-corrected chi connectivity index (χ2v) is 4.99. The van der Waals surface area contributed by atoms with Crippen molar-refractivity contribution in [2.45, 2.75) is 26.0 Å². The summed E-state index contributed by atoms with van der Waals surface area (Å²) in [6.45, 7) is 1.94. The number of ether oxygens (including phenoxy) is 3. The van der Waals surface area contributed by atoms with E-state index in [9.17, 15) is 9.90 Å². The number of carbonyl (C=O) groups excluding carboxylic acids is 1. The fraction of sp³-hybridized carbons (Fsp3) is 0.389. The number of allylic oxidation sites excluding steroid dienone is 2. The van der Waals surface area contributed by atoms with Gasteiger partial charge in [0.05, 0.1) is 21.3 Å². The zero-order valence-electron chi connectivity index (χ0n) is 14.5. The SMILES string of the molecule is CCC[C@H](O)NC(=O)/C=C/C=C/c1cc(OC)c(OC)c(OC)c1. The van der Waals surface area contributed by atoms with Crippen molar-refractivity contribution in [2.24, 2.45) is 0 Å². The van der Waals surface area contributed by atoms with Crippen molar-refractivity contribution in [3.8, 4) is 17.2 Å². The van der Waals surface area contributed by atoms with Crippen molar-refractivity contribution < 1.29 is 24.1 Å². The largest absolute Gasteiger partial charge is 0.493 e. The number of methoxy groups -OCH3 is 3. The molecule has 6 nitrogen and oxygen atoms in total. The number of aliphatic hydroxyl groups excluding tert-OH is 1. The van der Waals surface area contributed by atoms with Crippen molar-refractivity contribution in [1.29, 1.82) is 0 Å². The Morgan fingerprint density at radius 2 is 1.79 bits per heavy atom. The molecule has 0 heterocycles. The number of nitrogens with one attached hydrogen (secondary N) is 1. The molecule has 0 radical (unpaired) electrons. The first-order valence-electron chi connectivity index (χ1n) is 7.69. The van der Waals surface area contributed by atoms with Gasteiger partial charge in [-0.1, -0.05) is 31.6 Å². The first-order chi connectivity index (χ1) is 11.5. The molecule has 0 aromatic heterocycles. The van der Waals surface area contributed by atoms with Crippen LogP contribution in [0.1, 0.15) is 25.3 Å². The maximum Gasteiger partial charge on any atom is 0.245 e. The molecule has 0 bridgehead atoms. The molecule has 24 heavy (non-hydrogen) atoms. The quantitative estimate of drug-likeness (QED) is 0.412. The average Bonchev–Trinajstić information content (AvgIpc) is 2.57. The molecule has 1 rings (SSSR count). The van der Waals surface area contributed by atoms with E-state index in [0.717, 1.165) is 12.0 Å². The van der Waals surface area contributed by atoms with Gasteiger partial charge >= 0.3 is 0 Å². The molecule has 0 aliphatic carbocycles. The number of aliphatic hydroxyl groups is 1. The smallest absolute Gasteiger partial charge is 0.245 e. The Morgan fingerprint density at radius 3 is 2.29 bits per heavy atom. The van der Waals surface area contributed by atoms with Gasteiger partial charge in [0.25, 0.3) is 0 Å². The van der Waals surface area contributed by atoms with E-state index in [1.54, 1.807) is 51.7 Å². The third-order valence-corrected chi connectivity index (χ3v) is 3.21. The number of amides is 1. The lowest BCUT2D eigenvalue weighted by Crippen LogP contribution is -2.33. The molecule has 0 unspecified atom stereocenters. The Hall–Kier alpha value is -2.47. The molecule has 0 aliphatic rings. The molecule has 2 N–H and O–H groups in total. The molecule has 0 aliphatic heterocycles. The molecule has 0 fully saturated rings. The second-order valence-electron chi connectivity index (χ2n) is 4.99. The van der Waals surface area contributed by atoms with Gasteiger partial charge in [0.2, 0.25) is 11.7 Å². The van der Waals surface area contributed by atoms with Crippen LogP contribution in [-0.4, -0.2) is 38.6 Å². The zero-order valence-corrected chi connectivity index (χ0v) is 14.5. The van der Waals surface area contributed by atoms with E-state index in [0.29, 0.717) is 23.7 Å². The van der Waals surface area contributed by atoms with E-state index >= 15 is 0 Å². The van der Waals surface area contributed by atoms with Gasteiger partial charge in [-0.3, -0.25) is 4.79 Å². The highest BCUT2D eigenvalue weighted by Crippen LogP contribution is 2.38. The van der Waals surface area contributed by atoms with E-state index in [4.69, 9.17) is 14.2 Å². The van der Waals surface area contributed by atoms with Gasteiger partial charge in [0.15, 0.2) is 11.5 Å². The Kier molecular flexibility index (Phi) is 8.43. The van der Waals surface area contributed by atoms with Gasteiger partial charge in [-0.2, -0.15) is 0 Å². The van der Waals surface area contributed by atoms with Crippen LogP contribution in [0.2, 0.25) is 0 Å². The van der Waals surface area contributed by atoms with Crippen molar-refractivity contribution >= 4 is 12.0 Å². The molecular weight excluding hydrogens is 310 g/mol. The van der Waals surface area contributed by atoms with Crippen molar-refractivity contribution in [1.82, 2.24) is 5.32 Å². The van der Waals surface area contributed by atoms with Gasteiger partial charge in [0, 0.05) is 6.08 Å². The molecule has 6 heteroatoms. The first kappa shape index (κ1) is 19.6. The molecule has 0 saturated carbocycles. The van der Waals surface area contributed by atoms with Gasteiger partial charge in [-0.25, -0.2) is 0 Å². The zero-order chi connectivity index (χ0) is 17.9. The Balaban J connectivity index is 2.76. The number of rotatable bonds is 9. The Labute approximate surface area is 142 Å². The summed E-state index contributed by atoms with van der Waals surface area (Å²) >= 11 is 0. The lowest BCUT2D eigenvalue weighted by molar-refractivity contribution is -0.119. The normalized spacial score (nSPS) is 12.4. The summed E-state index contributed by atoms with van der Waals surface area (Å²) in [6.07, 6.45) is 6.98. The average molecular weight is 335 g/mol. The minimum atomic E-state index is -0.814. The number of carbonyl (C=O) groups is 1. The van der Waals surface area contributed by atoms with Crippen molar-refractivity contribution in [3.63, 3.8) is 0 Å². The topological polar surface area (TPSA) is 77.0 Å². The minimum Gasteiger partial charge on any atom is -0.493 e. The van der Waals surface area contributed by atoms with E-state index in [1.807, 2.05) is 6.92 Å². The lowest BCUT2D eigenvalue weighted by Gasteiger charge is -2.12. The standard InChI is InChI=1S/C18H25NO5/c1-5-8-16(20)19-17(21)10-7-6-9-13-11-14(22-2)18(24-4)15(12-13)23-3/h6-7,9-12,16,20H,5,8H2,1-4H3,(H,19,21)/b9-6+,10-7+/t16-/m0/s1. The Morgan fingerprint density at radius 1 is 1.17 bits per heavy atom. The maximum absolute atomic E-state index is 11.6. The predicted octanol–water partition coefficient (Wildman–Crippen LogP) is 2.52. The fourth-order valence-electron chi connectivity index (χ4n) is 2.07. The molecule has 1 amide bonds. The van der Waals surface area contributed by atoms with E-state index < -0.39 is 6.23 Å². The van der Waals surface area contributed by atoms with Crippen LogP contribution in [0.25, 0.3) is 6.08 Å². The van der Waals surface area contributed by atoms with Crippen LogP contribution in [0.4, 0.5) is 0 Å². The molecule has 1 atom stereocenters. The number of hydrogen-bond acceptors (Lipinski definition) is 5. The van der Waals surface area contributed by atoms with Gasteiger partial charge in [-0.15, -0.1) is 0 Å². The van der Waals surface area contributed by atoms with E-state index in [-0.39, 0.29) is 5.91 Å². The highest BCUT2D eigenvalue weighted by Gasteiger charge is 2.11. The molecule has 1 aromatic carbocycles. The van der Waals surface area contributed by atoms with Crippen LogP contribution in [0.5, 0.6) is 17.2 Å². The fourth-order valence-corrected chi connectivity index (χ4v) is 2.07. The van der Waals surface area contributed by atoms with E-state index in [1.165, 1.54) is 6.08 Å². The predicted molar refractivity (Wildman–Crippen MR) is 93.3 cm³/mol. The third-order valence-electron chi connectivity index (χ3n) is 3.21. The molecule has 0 saturated heterocycles. The highest BCUT2D eigenvalue weighted by atomic mass is 16.5. The van der Waals surface area contributed by atoms with Crippen LogP contribution >= 0.6 is 0 Å². The summed E-state index contributed by atoms with van der Waals surface area (Å²) in [7, 11) is 4.65. The van der Waals surface area contributed by atoms with Crippen LogP contribution in [-0.2, 0) is 4.79 Å². The van der Waals surface area contributed by atoms with Crippen LogP contribution in [0.3, 0.4) is 0 Å². The van der Waals surface area contributed by atoms with Crippen LogP contribution in [0, 0.1) is 0 Å². The van der Waals surface area contributed by atoms with Crippen molar-refractivity contribution in [3.05, 3.63) is 35.9 Å². The lowest BCUT2D eigenvalue weighted by atomic mass is 10.1. The molecule has 0 spiro atoms. The van der Waals surface area contributed by atoms with Gasteiger partial charge < -0.3 is 24.6 Å². The summed E-state index contributed by atoms with van der Waals surface area (Å²) in [5.41, 5.74) is 0.834. The summed E-state index contributed by atoms with van der Waals surface area (Å²) in [4.78, 5) is 11.6. The Bertz CT molecular complexity index is 570. The first-order valence-corrected chi connectivity index (χ1v) is 7.69. The minimum absolute atomic E-state index is 0.342. The summed E-state index contributed by atoms with van der Waals surface area (Å²) < 4.78 is 15.8. The molecule has 1 aromatic rings. The van der Waals surface area contributed by atoms with Crippen LogP contribution < -0.4 is 19.5 Å².